The van der Waals surface area contributed by atoms with Crippen molar-refractivity contribution in [2.75, 3.05) is 19.6 Å². The average Bonchev–Trinajstić information content (AvgIpc) is 3.46. The summed E-state index contributed by atoms with van der Waals surface area (Å²) in [7, 11) is 0. The number of primary amides is 1. The van der Waals surface area contributed by atoms with Crippen molar-refractivity contribution in [2.45, 2.75) is 50.9 Å². The normalized spacial score (nSPS) is 29.6. The number of aromatic amines is 1. The number of piperidine rings is 1. The molecule has 3 aliphatic carbocycles. The Balaban J connectivity index is 1.50. The van der Waals surface area contributed by atoms with E-state index in [9.17, 15) is 9.59 Å². The van der Waals surface area contributed by atoms with Gasteiger partial charge in [-0.3, -0.25) is 9.59 Å². The number of fused-ring (bicyclic) bond motifs is 2. The highest BCUT2D eigenvalue weighted by molar-refractivity contribution is 5.92. The van der Waals surface area contributed by atoms with Crippen LogP contribution in [0.5, 0.6) is 0 Å². The molecule has 5 nitrogen and oxygen atoms in total. The molecule has 30 heavy (non-hydrogen) atoms. The van der Waals surface area contributed by atoms with Crippen molar-refractivity contribution in [3.05, 3.63) is 68.1 Å². The lowest BCUT2D eigenvalue weighted by Crippen LogP contribution is -2.60. The summed E-state index contributed by atoms with van der Waals surface area (Å²) in [6, 6.07) is 8.74. The van der Waals surface area contributed by atoms with Crippen molar-refractivity contribution in [1.82, 2.24) is 9.88 Å². The fraction of sp³-hybridized carbons (Fsp3) is 0.520. The summed E-state index contributed by atoms with van der Waals surface area (Å²) in [6.45, 7) is 5.63. The summed E-state index contributed by atoms with van der Waals surface area (Å²) in [5.41, 5.74) is 11.8. The van der Waals surface area contributed by atoms with Gasteiger partial charge < -0.3 is 15.6 Å². The first-order valence-electron chi connectivity index (χ1n) is 11.3. The van der Waals surface area contributed by atoms with E-state index in [4.69, 9.17) is 5.73 Å². The Morgan fingerprint density at radius 2 is 2.00 bits per heavy atom. The van der Waals surface area contributed by atoms with Crippen molar-refractivity contribution < 1.29 is 4.79 Å². The number of carbonyl (C=O) groups is 1. The topological polar surface area (TPSA) is 79.2 Å². The summed E-state index contributed by atoms with van der Waals surface area (Å²) in [5, 5.41) is 0. The summed E-state index contributed by atoms with van der Waals surface area (Å²) in [4.78, 5) is 30.0. The molecule has 2 atom stereocenters. The highest BCUT2D eigenvalue weighted by Gasteiger charge is 2.61. The van der Waals surface area contributed by atoms with Crippen LogP contribution in [0.1, 0.15) is 57.6 Å². The number of amides is 1. The van der Waals surface area contributed by atoms with Crippen molar-refractivity contribution in [2.24, 2.45) is 17.1 Å². The van der Waals surface area contributed by atoms with Gasteiger partial charge in [-0.15, -0.1) is 0 Å². The number of nitrogens with one attached hydrogen (secondary N) is 1. The van der Waals surface area contributed by atoms with Crippen LogP contribution in [0.4, 0.5) is 0 Å². The predicted octanol–water partition coefficient (Wildman–Crippen LogP) is 2.48. The molecule has 0 spiro atoms. The molecule has 2 heterocycles. The number of pyridine rings is 1. The van der Waals surface area contributed by atoms with Gasteiger partial charge in [-0.2, -0.15) is 0 Å². The minimum atomic E-state index is -0.641. The Hall–Kier alpha value is -2.40. The number of carbonyl (C=O) groups excluding carboxylic acids is 1. The maximum absolute atomic E-state index is 12.5. The van der Waals surface area contributed by atoms with E-state index in [0.29, 0.717) is 0 Å². The van der Waals surface area contributed by atoms with Crippen LogP contribution < -0.4 is 11.3 Å². The van der Waals surface area contributed by atoms with E-state index in [1.807, 2.05) is 0 Å². The van der Waals surface area contributed by atoms with E-state index in [1.54, 1.807) is 6.07 Å². The van der Waals surface area contributed by atoms with Gasteiger partial charge in [-0.25, -0.2) is 0 Å². The predicted molar refractivity (Wildman–Crippen MR) is 116 cm³/mol. The third-order valence-corrected chi connectivity index (χ3v) is 8.41. The van der Waals surface area contributed by atoms with Gasteiger partial charge >= 0.3 is 0 Å². The van der Waals surface area contributed by atoms with Gasteiger partial charge in [0.05, 0.1) is 0 Å². The molecular weight excluding hydrogens is 374 g/mol. The zero-order chi connectivity index (χ0) is 20.7. The Bertz CT molecular complexity index is 1130. The second kappa shape index (κ2) is 6.07. The number of aromatic nitrogens is 1. The fourth-order valence-electron chi connectivity index (χ4n) is 6.83. The largest absolute Gasteiger partial charge is 0.365 e. The Labute approximate surface area is 176 Å². The Morgan fingerprint density at radius 1 is 1.20 bits per heavy atom. The van der Waals surface area contributed by atoms with E-state index in [1.165, 1.54) is 36.1 Å². The maximum atomic E-state index is 12.5. The van der Waals surface area contributed by atoms with Crippen molar-refractivity contribution in [3.8, 4) is 0 Å². The molecule has 5 heteroatoms. The molecule has 1 amide bonds. The number of aryl methyl sites for hydroxylation is 1. The molecule has 156 valence electrons. The molecule has 4 aliphatic rings. The van der Waals surface area contributed by atoms with E-state index in [0.717, 1.165) is 55.9 Å². The van der Waals surface area contributed by atoms with Gasteiger partial charge in [0.1, 0.15) is 5.56 Å². The second-order valence-electron chi connectivity index (χ2n) is 10.4. The molecule has 0 radical (unpaired) electrons. The number of H-pyrrole nitrogens is 1. The fourth-order valence-corrected chi connectivity index (χ4v) is 6.83. The van der Waals surface area contributed by atoms with Crippen LogP contribution in [-0.2, 0) is 24.7 Å². The number of likely N-dealkylation sites (tertiary alicyclic amines) is 1. The van der Waals surface area contributed by atoms with Crippen LogP contribution in [0.3, 0.4) is 0 Å². The van der Waals surface area contributed by atoms with Crippen LogP contribution in [0, 0.1) is 18.3 Å². The number of benzene rings is 1. The third-order valence-electron chi connectivity index (χ3n) is 8.41. The molecule has 6 rings (SSSR count). The zero-order valence-corrected chi connectivity index (χ0v) is 17.6. The number of nitrogens with two attached hydrogens (primary N) is 1. The number of hydrogen-bond acceptors (Lipinski definition) is 3. The molecular formula is C25H29N3O2. The van der Waals surface area contributed by atoms with Crippen LogP contribution in [0.25, 0.3) is 0 Å². The van der Waals surface area contributed by atoms with Crippen molar-refractivity contribution >= 4 is 5.91 Å². The van der Waals surface area contributed by atoms with E-state index >= 15 is 0 Å². The lowest BCUT2D eigenvalue weighted by molar-refractivity contribution is 0.00118. The van der Waals surface area contributed by atoms with Crippen molar-refractivity contribution in [3.63, 3.8) is 0 Å². The SMILES string of the molecule is Cc1ccc2c(c1)[C@]13CCN(CC4CC4)C[C@@]1(C2)Cc1cc(C(N)=O)c(=O)[nH]c1C3. The molecule has 2 fully saturated rings. The number of hydrogen-bond donors (Lipinski definition) is 2. The molecule has 0 bridgehead atoms. The average molecular weight is 404 g/mol. The van der Waals surface area contributed by atoms with E-state index in [-0.39, 0.29) is 22.0 Å². The van der Waals surface area contributed by atoms with Gasteiger partial charge in [0, 0.05) is 29.6 Å². The highest BCUT2D eigenvalue weighted by atomic mass is 16.2. The molecule has 3 N–H and O–H groups in total. The lowest BCUT2D eigenvalue weighted by atomic mass is 9.52. The second-order valence-corrected chi connectivity index (χ2v) is 10.4. The molecule has 1 aliphatic heterocycles. The number of rotatable bonds is 3. The highest BCUT2D eigenvalue weighted by Crippen LogP contribution is 2.61. The summed E-state index contributed by atoms with van der Waals surface area (Å²) in [5.74, 6) is 0.242. The Kier molecular flexibility index (Phi) is 3.72. The molecule has 2 aromatic rings. The first-order chi connectivity index (χ1) is 14.4. The minimum absolute atomic E-state index is 0.0680. The number of nitrogens with zero attached hydrogens (tertiary/aromatic N) is 1. The summed E-state index contributed by atoms with van der Waals surface area (Å²) in [6.07, 6.45) is 6.71. The monoisotopic (exact) mass is 403 g/mol. The molecule has 1 aromatic heterocycles. The summed E-state index contributed by atoms with van der Waals surface area (Å²) >= 11 is 0. The summed E-state index contributed by atoms with van der Waals surface area (Å²) < 4.78 is 0. The lowest BCUT2D eigenvalue weighted by Gasteiger charge is -2.56. The zero-order valence-electron chi connectivity index (χ0n) is 17.6. The van der Waals surface area contributed by atoms with Crippen LogP contribution in [0.15, 0.2) is 29.1 Å². The van der Waals surface area contributed by atoms with Crippen LogP contribution in [0.2, 0.25) is 0 Å². The first-order valence-corrected chi connectivity index (χ1v) is 11.3. The van der Waals surface area contributed by atoms with Gasteiger partial charge in [0.2, 0.25) is 0 Å². The standard InChI is InChI=1S/C25H29N3O2/c1-15-2-5-17-10-24-11-18-9-19(22(26)29)23(30)27-21(18)12-25(24,20(17)8-15)6-7-28(14-24)13-16-3-4-16/h2,5,8-9,16H,3-4,6-7,10-14H2,1H3,(H2,26,29)(H,27,30)/t24-,25-/m1/s1. The van der Waals surface area contributed by atoms with Gasteiger partial charge in [0.25, 0.3) is 11.5 Å². The van der Waals surface area contributed by atoms with E-state index in [2.05, 4.69) is 35.0 Å². The third kappa shape index (κ3) is 2.51. The van der Waals surface area contributed by atoms with Crippen LogP contribution >= 0.6 is 0 Å². The quantitative estimate of drug-likeness (QED) is 0.826. The van der Waals surface area contributed by atoms with Gasteiger partial charge in [-0.1, -0.05) is 23.8 Å². The maximum Gasteiger partial charge on any atom is 0.261 e. The molecule has 1 saturated heterocycles. The molecule has 0 unspecified atom stereocenters. The van der Waals surface area contributed by atoms with Gasteiger partial charge in [-0.05, 0) is 80.7 Å². The van der Waals surface area contributed by atoms with Crippen molar-refractivity contribution in [1.29, 1.82) is 0 Å². The first kappa shape index (κ1) is 18.4. The minimum Gasteiger partial charge on any atom is -0.365 e. The van der Waals surface area contributed by atoms with E-state index < -0.39 is 5.91 Å². The Morgan fingerprint density at radius 3 is 2.77 bits per heavy atom. The van der Waals surface area contributed by atoms with Gasteiger partial charge in [0.15, 0.2) is 0 Å². The molecule has 1 aromatic carbocycles. The van der Waals surface area contributed by atoms with Crippen LogP contribution in [-0.4, -0.2) is 35.4 Å². The molecule has 1 saturated carbocycles. The smallest absolute Gasteiger partial charge is 0.261 e.